The van der Waals surface area contributed by atoms with Crippen molar-refractivity contribution >= 4 is 11.6 Å². The first-order valence-electron chi connectivity index (χ1n) is 2.87. The van der Waals surface area contributed by atoms with E-state index in [1.54, 1.807) is 0 Å². The molecular weight excluding hydrogens is 225 g/mol. The number of rotatable bonds is 3. The summed E-state index contributed by atoms with van der Waals surface area (Å²) in [4.78, 5) is 0. The van der Waals surface area contributed by atoms with E-state index in [-0.39, 0.29) is 0 Å². The van der Waals surface area contributed by atoms with Gasteiger partial charge in [-0.05, 0) is 0 Å². The largest absolute Gasteiger partial charge is 0.458 e. The van der Waals surface area contributed by atoms with Crippen molar-refractivity contribution in [3.05, 3.63) is 0 Å². The highest BCUT2D eigenvalue weighted by atomic mass is 35.5. The van der Waals surface area contributed by atoms with E-state index in [9.17, 15) is 26.3 Å². The molecule has 0 aliphatic carbocycles. The van der Waals surface area contributed by atoms with Crippen molar-refractivity contribution in [1.29, 1.82) is 0 Å². The van der Waals surface area contributed by atoms with Gasteiger partial charge >= 0.3 is 12.1 Å². The monoisotopic (exact) mass is 230 g/mol. The van der Waals surface area contributed by atoms with E-state index in [1.807, 2.05) is 0 Å². The van der Waals surface area contributed by atoms with Crippen LogP contribution >= 0.6 is 11.6 Å². The van der Waals surface area contributed by atoms with Gasteiger partial charge in [-0.25, -0.2) is 4.39 Å². The fraction of sp³-hybridized carbons (Fsp3) is 1.00. The Morgan fingerprint density at radius 1 is 1.08 bits per heavy atom. The molecule has 1 atom stereocenters. The number of halogens is 7. The molecule has 0 amide bonds. The second-order valence-corrected chi connectivity index (χ2v) is 2.81. The minimum atomic E-state index is -6.04. The van der Waals surface area contributed by atoms with Crippen molar-refractivity contribution < 1.29 is 31.1 Å². The zero-order valence-electron chi connectivity index (χ0n) is 6.26. The summed E-state index contributed by atoms with van der Waals surface area (Å²) < 4.78 is 75.3. The van der Waals surface area contributed by atoms with Gasteiger partial charge in [-0.15, -0.1) is 0 Å². The Morgan fingerprint density at radius 2 is 1.46 bits per heavy atom. The molecule has 0 heterocycles. The minimum absolute atomic E-state index is 0.753. The molecule has 0 aromatic carbocycles. The van der Waals surface area contributed by atoms with E-state index in [1.165, 1.54) is 0 Å². The minimum Gasteiger partial charge on any atom is -0.380 e. The van der Waals surface area contributed by atoms with Gasteiger partial charge in [0.1, 0.15) is 6.61 Å². The summed E-state index contributed by atoms with van der Waals surface area (Å²) in [6.07, 6.45) is -6.04. The molecule has 0 bridgehead atoms. The summed E-state index contributed by atoms with van der Waals surface area (Å²) in [5, 5.41) is -4.28. The topological polar surface area (TPSA) is 9.23 Å². The molecule has 0 radical (unpaired) electrons. The summed E-state index contributed by atoms with van der Waals surface area (Å²) in [6, 6.07) is 0. The number of hydrogen-bond acceptors (Lipinski definition) is 1. The lowest BCUT2D eigenvalue weighted by Crippen LogP contribution is -2.53. The van der Waals surface area contributed by atoms with Crippen molar-refractivity contribution in [3.63, 3.8) is 0 Å². The first-order valence-corrected chi connectivity index (χ1v) is 3.25. The predicted molar refractivity (Wildman–Crippen MR) is 32.6 cm³/mol. The van der Waals surface area contributed by atoms with Crippen LogP contribution in [0.25, 0.3) is 0 Å². The van der Waals surface area contributed by atoms with Crippen molar-refractivity contribution in [2.75, 3.05) is 13.7 Å². The lowest BCUT2D eigenvalue weighted by molar-refractivity contribution is -0.315. The Kier molecular flexibility index (Phi) is 3.48. The van der Waals surface area contributed by atoms with Gasteiger partial charge in [0.05, 0.1) is 0 Å². The molecule has 0 fully saturated rings. The van der Waals surface area contributed by atoms with Crippen LogP contribution < -0.4 is 0 Å². The molecule has 0 spiro atoms. The third-order valence-electron chi connectivity index (χ3n) is 1.14. The normalized spacial score (nSPS) is 18.5. The summed E-state index contributed by atoms with van der Waals surface area (Å²) in [6.45, 7) is -1.55. The Bertz CT molecular complexity index is 176. The third kappa shape index (κ3) is 2.40. The van der Waals surface area contributed by atoms with Crippen LogP contribution in [-0.4, -0.2) is 30.9 Å². The van der Waals surface area contributed by atoms with Gasteiger partial charge in [0.25, 0.3) is 5.13 Å². The van der Waals surface area contributed by atoms with Gasteiger partial charge in [0, 0.05) is 7.11 Å². The predicted octanol–water partition coefficient (Wildman–Crippen LogP) is 2.74. The lowest BCUT2D eigenvalue weighted by atomic mass is 10.2. The average molecular weight is 231 g/mol. The molecule has 1 unspecified atom stereocenters. The summed E-state index contributed by atoms with van der Waals surface area (Å²) >= 11 is 4.35. The van der Waals surface area contributed by atoms with Crippen LogP contribution in [0.2, 0.25) is 0 Å². The molecule has 0 aliphatic rings. The van der Waals surface area contributed by atoms with Gasteiger partial charge < -0.3 is 4.74 Å². The van der Waals surface area contributed by atoms with Crippen LogP contribution in [0.4, 0.5) is 26.3 Å². The van der Waals surface area contributed by atoms with Crippen molar-refractivity contribution in [1.82, 2.24) is 0 Å². The molecule has 80 valence electrons. The number of hydrogen-bond donors (Lipinski definition) is 0. The summed E-state index contributed by atoms with van der Waals surface area (Å²) in [7, 11) is 0.753. The standard InChI is InChI=1S/C5H5ClF6O/c1-13-2-3(6,7)4(8,9)5(10,11)12/h2H2,1H3. The number of methoxy groups -OCH3 is 1. The first kappa shape index (κ1) is 12.8. The molecule has 0 rings (SSSR count). The zero-order chi connectivity index (χ0) is 10.9. The highest BCUT2D eigenvalue weighted by Gasteiger charge is 2.71. The fourth-order valence-electron chi connectivity index (χ4n) is 0.479. The van der Waals surface area contributed by atoms with Crippen LogP contribution in [0.15, 0.2) is 0 Å². The van der Waals surface area contributed by atoms with Crippen molar-refractivity contribution in [3.8, 4) is 0 Å². The number of alkyl halides is 7. The molecule has 1 nitrogen and oxygen atoms in total. The second-order valence-electron chi connectivity index (χ2n) is 2.21. The molecule has 0 aromatic rings. The van der Waals surface area contributed by atoms with E-state index < -0.39 is 23.8 Å². The van der Waals surface area contributed by atoms with E-state index in [2.05, 4.69) is 16.3 Å². The van der Waals surface area contributed by atoms with Gasteiger partial charge in [0.2, 0.25) is 0 Å². The number of ether oxygens (including phenoxy) is 1. The molecule has 0 aliphatic heterocycles. The fourth-order valence-corrected chi connectivity index (χ4v) is 0.696. The maximum Gasteiger partial charge on any atom is 0.458 e. The van der Waals surface area contributed by atoms with Gasteiger partial charge in [-0.3, -0.25) is 0 Å². The molecule has 0 N–H and O–H groups in total. The van der Waals surface area contributed by atoms with Crippen LogP contribution in [0, 0.1) is 0 Å². The Balaban J connectivity index is 4.81. The van der Waals surface area contributed by atoms with Crippen LogP contribution in [0.5, 0.6) is 0 Å². The SMILES string of the molecule is COCC(F)(Cl)C(F)(F)C(F)(F)F. The molecule has 0 saturated heterocycles. The maximum atomic E-state index is 12.5. The van der Waals surface area contributed by atoms with E-state index >= 15 is 0 Å². The molecule has 0 aromatic heterocycles. The Hall–Kier alpha value is -0.170. The van der Waals surface area contributed by atoms with Crippen LogP contribution in [0.1, 0.15) is 0 Å². The molecule has 8 heteroatoms. The summed E-state index contributed by atoms with van der Waals surface area (Å²) in [5.41, 5.74) is 0. The van der Waals surface area contributed by atoms with E-state index in [4.69, 9.17) is 0 Å². The smallest absolute Gasteiger partial charge is 0.380 e. The highest BCUT2D eigenvalue weighted by Crippen LogP contribution is 2.47. The van der Waals surface area contributed by atoms with Crippen molar-refractivity contribution in [2.45, 2.75) is 17.2 Å². The van der Waals surface area contributed by atoms with Crippen LogP contribution in [0.3, 0.4) is 0 Å². The van der Waals surface area contributed by atoms with Gasteiger partial charge in [-0.2, -0.15) is 22.0 Å². The average Bonchev–Trinajstić information content (AvgIpc) is 1.84. The van der Waals surface area contributed by atoms with E-state index in [0.29, 0.717) is 0 Å². The quantitative estimate of drug-likeness (QED) is 0.535. The highest BCUT2D eigenvalue weighted by molar-refractivity contribution is 6.23. The molecule has 13 heavy (non-hydrogen) atoms. The van der Waals surface area contributed by atoms with Gasteiger partial charge in [0.15, 0.2) is 0 Å². The van der Waals surface area contributed by atoms with Crippen LogP contribution in [-0.2, 0) is 4.74 Å². The first-order chi connectivity index (χ1) is 5.56. The van der Waals surface area contributed by atoms with Gasteiger partial charge in [-0.1, -0.05) is 11.6 Å². The maximum absolute atomic E-state index is 12.5. The molecule has 0 saturated carbocycles. The third-order valence-corrected chi connectivity index (χ3v) is 1.49. The van der Waals surface area contributed by atoms with E-state index in [0.717, 1.165) is 7.11 Å². The van der Waals surface area contributed by atoms with Crippen molar-refractivity contribution in [2.24, 2.45) is 0 Å². The molecular formula is C5H5ClF6O. The summed E-state index contributed by atoms with van der Waals surface area (Å²) in [5.74, 6) is -5.64. The zero-order valence-corrected chi connectivity index (χ0v) is 7.02. The lowest BCUT2D eigenvalue weighted by Gasteiger charge is -2.28. The Labute approximate surface area is 74.6 Å². The second kappa shape index (κ2) is 3.53. The Morgan fingerprint density at radius 3 is 1.69 bits per heavy atom.